The lowest BCUT2D eigenvalue weighted by Gasteiger charge is -2.62. The van der Waals surface area contributed by atoms with Crippen molar-refractivity contribution in [2.45, 2.75) is 158 Å². The van der Waals surface area contributed by atoms with Crippen LogP contribution in [0.25, 0.3) is 44.5 Å². The highest BCUT2D eigenvalue weighted by Gasteiger charge is 2.42. The van der Waals surface area contributed by atoms with E-state index in [2.05, 4.69) is 260 Å². The van der Waals surface area contributed by atoms with E-state index in [4.69, 9.17) is 0 Å². The third kappa shape index (κ3) is 14.1. The number of amides is 2. The number of nitrogens with one attached hydrogen (secondary N) is 2. The number of benzene rings is 10. The lowest BCUT2D eigenvalue weighted by molar-refractivity contribution is -0.535. The second-order valence-electron chi connectivity index (χ2n) is 26.9. The van der Waals surface area contributed by atoms with Crippen LogP contribution >= 0.6 is 0 Å². The van der Waals surface area contributed by atoms with Crippen molar-refractivity contribution >= 4 is 57.3 Å². The summed E-state index contributed by atoms with van der Waals surface area (Å²) in [4.78, 5) is 34.1. The number of nitrogens with zero attached hydrogens (tertiary/aromatic N) is 2. The molecule has 1 aliphatic rings. The Morgan fingerprint density at radius 3 is 0.896 bits per heavy atom. The van der Waals surface area contributed by atoms with Crippen LogP contribution in [0.15, 0.2) is 206 Å². The number of aryl methyl sites for hydroxylation is 8. The van der Waals surface area contributed by atoms with E-state index in [1.165, 1.54) is 22.3 Å². The summed E-state index contributed by atoms with van der Waals surface area (Å²) in [5.74, 6) is -2.86. The number of anilines is 8. The summed E-state index contributed by atoms with van der Waals surface area (Å²) in [5, 5.41) is 38.2. The van der Waals surface area contributed by atoms with Gasteiger partial charge in [-0.3, -0.25) is 9.59 Å². The van der Waals surface area contributed by atoms with Crippen LogP contribution in [0.2, 0.25) is 0 Å². The molecule has 0 bridgehead atoms. The third-order valence-corrected chi connectivity index (χ3v) is 20.4. The number of unbranched alkanes of at least 4 members (excludes halogenated alkanes) is 2. The predicted octanol–water partition coefficient (Wildman–Crippen LogP) is 21.4. The van der Waals surface area contributed by atoms with Gasteiger partial charge in [-0.05, 0) is 266 Å². The molecule has 0 aliphatic heterocycles. The molecule has 2 amide bonds. The Bertz CT molecular complexity index is 3970. The van der Waals surface area contributed by atoms with Gasteiger partial charge < -0.3 is 30.6 Å². The Morgan fingerprint density at radius 1 is 0.365 bits per heavy atom. The van der Waals surface area contributed by atoms with Crippen molar-refractivity contribution in [2.24, 2.45) is 11.8 Å². The molecule has 2 atom stereocenters. The molecule has 0 radical (unpaired) electrons. The maximum atomic E-state index is 15.7. The number of carbonyl (C=O) groups is 2. The van der Waals surface area contributed by atoms with Crippen LogP contribution in [0.3, 0.4) is 0 Å². The molecule has 1 aliphatic carbocycles. The van der Waals surface area contributed by atoms with Crippen molar-refractivity contribution in [2.75, 3.05) is 20.4 Å². The van der Waals surface area contributed by atoms with Crippen LogP contribution in [0, 0.1) is 67.2 Å². The van der Waals surface area contributed by atoms with E-state index >= 15 is 10.2 Å². The molecule has 10 aromatic rings. The maximum Gasteiger partial charge on any atom is 0.227 e. The van der Waals surface area contributed by atoms with E-state index in [0.717, 1.165) is 127 Å². The lowest BCUT2D eigenvalue weighted by Crippen LogP contribution is -2.63. The highest BCUT2D eigenvalue weighted by molar-refractivity contribution is 5.97. The molecular formula is C88H94N4O4-2. The molecule has 0 heterocycles. The van der Waals surface area contributed by atoms with Gasteiger partial charge in [0.2, 0.25) is 11.8 Å². The zero-order valence-electron chi connectivity index (χ0n) is 58.3. The minimum atomic E-state index is -1.42. The molecule has 1 saturated carbocycles. The molecule has 492 valence electrons. The third-order valence-electron chi connectivity index (χ3n) is 20.4. The van der Waals surface area contributed by atoms with E-state index in [9.17, 15) is 9.59 Å². The van der Waals surface area contributed by atoms with Crippen LogP contribution in [0.5, 0.6) is 0 Å². The lowest BCUT2D eigenvalue weighted by atomic mass is 9.62. The first kappa shape index (κ1) is 68.1. The van der Waals surface area contributed by atoms with E-state index in [-0.39, 0.29) is 23.7 Å². The smallest absolute Gasteiger partial charge is 0.227 e. The van der Waals surface area contributed by atoms with Crippen LogP contribution < -0.4 is 30.6 Å². The molecule has 96 heavy (non-hydrogen) atoms. The Hall–Kier alpha value is -9.34. The van der Waals surface area contributed by atoms with Gasteiger partial charge in [-0.15, -0.1) is 12.2 Å². The minimum Gasteiger partial charge on any atom is -0.851 e. The zero-order chi connectivity index (χ0) is 67.9. The van der Waals surface area contributed by atoms with Crippen LogP contribution in [0.4, 0.5) is 45.5 Å². The average molecular weight is 1270 g/mol. The minimum absolute atomic E-state index is 0.131. The molecule has 2 unspecified atom stereocenters. The molecule has 2 N–H and O–H groups in total. The first-order chi connectivity index (χ1) is 46.4. The van der Waals surface area contributed by atoms with Gasteiger partial charge in [-0.1, -0.05) is 187 Å². The summed E-state index contributed by atoms with van der Waals surface area (Å²) in [7, 11) is 0. The summed E-state index contributed by atoms with van der Waals surface area (Å²) in [6.45, 7) is 25.5. The highest BCUT2D eigenvalue weighted by Crippen LogP contribution is 2.53. The molecule has 10 aromatic carbocycles. The van der Waals surface area contributed by atoms with Crippen molar-refractivity contribution in [1.82, 2.24) is 0 Å². The topological polar surface area (TPSA) is 111 Å². The van der Waals surface area contributed by atoms with Crippen molar-refractivity contribution in [3.05, 3.63) is 262 Å². The normalized spacial score (nSPS) is 15.7. The highest BCUT2D eigenvalue weighted by atomic mass is 16.3. The number of carbonyl (C=O) groups excluding carboxylic acids is 2. The van der Waals surface area contributed by atoms with Crippen LogP contribution in [-0.4, -0.2) is 24.0 Å². The first-order valence-corrected chi connectivity index (χ1v) is 34.9. The fraction of sp³-hybridized carbons (Fsp3) is 0.295. The summed E-state index contributed by atoms with van der Waals surface area (Å²) in [6, 6.07) is 71.9. The molecule has 0 aromatic heterocycles. The summed E-state index contributed by atoms with van der Waals surface area (Å²) in [6.07, 6.45) is 3.55. The number of hydrogen-bond donors (Lipinski definition) is 2. The fourth-order valence-electron chi connectivity index (χ4n) is 14.7. The monoisotopic (exact) mass is 1270 g/mol. The number of hydrogen-bond acceptors (Lipinski definition) is 6. The van der Waals surface area contributed by atoms with Gasteiger partial charge in [-0.25, -0.2) is 0 Å². The summed E-state index contributed by atoms with van der Waals surface area (Å²) >= 11 is 0. The Morgan fingerprint density at radius 2 is 0.646 bits per heavy atom. The predicted molar refractivity (Wildman–Crippen MR) is 399 cm³/mol. The van der Waals surface area contributed by atoms with E-state index < -0.39 is 24.0 Å². The molecule has 0 saturated heterocycles. The van der Waals surface area contributed by atoms with E-state index in [0.29, 0.717) is 48.2 Å². The molecular weight excluding hydrogens is 1180 g/mol. The molecule has 0 spiro atoms. The molecule has 11 rings (SSSR count). The van der Waals surface area contributed by atoms with Crippen molar-refractivity contribution in [3.63, 3.8) is 0 Å². The first-order valence-electron chi connectivity index (χ1n) is 34.9. The maximum absolute atomic E-state index is 15.7. The van der Waals surface area contributed by atoms with Gasteiger partial charge in [0.25, 0.3) is 0 Å². The molecule has 1 fully saturated rings. The second-order valence-corrected chi connectivity index (χ2v) is 26.9. The van der Waals surface area contributed by atoms with Crippen molar-refractivity contribution < 1.29 is 19.8 Å². The van der Waals surface area contributed by atoms with E-state index in [1.807, 2.05) is 50.2 Å². The average Bonchev–Trinajstić information content (AvgIpc) is 0.732. The van der Waals surface area contributed by atoms with Crippen LogP contribution in [0.1, 0.15) is 147 Å². The second kappa shape index (κ2) is 30.2. The molecule has 8 nitrogen and oxygen atoms in total. The number of rotatable bonds is 24. The van der Waals surface area contributed by atoms with Gasteiger partial charge in [0.15, 0.2) is 0 Å². The standard InChI is InChI=1S/C88H94N4O4/c1-13-17-31-63(15-3)87(95)89-77-53-69(91(79-45-37-65(49-59(79)9)71-33-23-19-27-55(71)5)80-46-38-66(50-60(80)10)72-34-24-20-28-56(72)6)41-43-75(77)83-85(93)84(86(83)94)76-44-42-70(54-78(76)90-88(96)64(16-4)32-18-14-2)92(81-47-39-67(51-61(81)11)73-35-25-21-29-57(73)7)82-48-40-68(52-62(82)12)74-36-26-22-30-58(74)8/h19-30,33-54,63-64,83-86H,13-18,31-32H2,1-12H3,(H,89,95)(H,90,96)/q-2. The Balaban J connectivity index is 1.03. The van der Waals surface area contributed by atoms with Crippen LogP contribution in [-0.2, 0) is 9.59 Å². The van der Waals surface area contributed by atoms with Crippen molar-refractivity contribution in [1.29, 1.82) is 0 Å². The van der Waals surface area contributed by atoms with Gasteiger partial charge >= 0.3 is 0 Å². The largest absolute Gasteiger partial charge is 0.851 e. The van der Waals surface area contributed by atoms with Gasteiger partial charge in [0, 0.05) is 57.3 Å². The van der Waals surface area contributed by atoms with E-state index in [1.54, 1.807) is 0 Å². The quantitative estimate of drug-likeness (QED) is 0.0624. The van der Waals surface area contributed by atoms with Gasteiger partial charge in [0.05, 0.1) is 0 Å². The SMILES string of the molecule is CCCCC(CC)C(=O)Nc1cc(N(c2ccc(-c3ccccc3C)cc2C)c2ccc(-c3ccccc3C)cc2C)ccc1C1C([O-])C(c2ccc(N(c3ccc(-c4ccccc4C)cc3C)c3ccc(-c4ccccc4C)cc3C)cc2NC(=O)C(CC)CCCC)C1[O-]. The fourth-order valence-corrected chi connectivity index (χ4v) is 14.7. The van der Waals surface area contributed by atoms with Gasteiger partial charge in [-0.2, -0.15) is 0 Å². The van der Waals surface area contributed by atoms with Crippen molar-refractivity contribution in [3.8, 4) is 44.5 Å². The summed E-state index contributed by atoms with van der Waals surface area (Å²) in [5.41, 5.74) is 25.3. The Labute approximate surface area is 571 Å². The Kier molecular flexibility index (Phi) is 21.4. The molecule has 8 heteroatoms. The summed E-state index contributed by atoms with van der Waals surface area (Å²) < 4.78 is 0. The zero-order valence-corrected chi connectivity index (χ0v) is 58.3. The van der Waals surface area contributed by atoms with Gasteiger partial charge in [0.1, 0.15) is 0 Å².